The number of hydrogen-bond donors (Lipinski definition) is 0. The van der Waals surface area contributed by atoms with Crippen LogP contribution in [-0.4, -0.2) is 4.98 Å². The van der Waals surface area contributed by atoms with Crippen molar-refractivity contribution in [1.29, 1.82) is 0 Å². The van der Waals surface area contributed by atoms with Gasteiger partial charge in [-0.05, 0) is 40.1 Å². The van der Waals surface area contributed by atoms with Crippen LogP contribution in [0, 0.1) is 0 Å². The van der Waals surface area contributed by atoms with Crippen LogP contribution in [0.25, 0.3) is 27.6 Å². The van der Waals surface area contributed by atoms with Gasteiger partial charge in [-0.25, -0.2) is 0 Å². The highest BCUT2D eigenvalue weighted by Gasteiger charge is 2.05. The Hall–Kier alpha value is -2.67. The molecule has 0 unspecified atom stereocenters. The van der Waals surface area contributed by atoms with Gasteiger partial charge in [-0.2, -0.15) is 0 Å². The van der Waals surface area contributed by atoms with E-state index < -0.39 is 0 Å². The van der Waals surface area contributed by atoms with Crippen molar-refractivity contribution in [1.82, 2.24) is 4.98 Å². The predicted molar refractivity (Wildman–Crippen MR) is 86.4 cm³/mol. The second-order valence-corrected chi connectivity index (χ2v) is 4.69. The maximum absolute atomic E-state index is 4.41. The molecule has 0 aliphatic heterocycles. The van der Waals surface area contributed by atoms with Crippen molar-refractivity contribution in [2.75, 3.05) is 0 Å². The third kappa shape index (κ3) is 2.14. The van der Waals surface area contributed by atoms with Gasteiger partial charge in [0.2, 0.25) is 0 Å². The van der Waals surface area contributed by atoms with Gasteiger partial charge < -0.3 is 0 Å². The Morgan fingerprint density at radius 3 is 2.65 bits per heavy atom. The van der Waals surface area contributed by atoms with Gasteiger partial charge in [0.25, 0.3) is 0 Å². The first-order valence-electron chi connectivity index (χ1n) is 6.55. The highest BCUT2D eigenvalue weighted by Crippen LogP contribution is 2.28. The van der Waals surface area contributed by atoms with Gasteiger partial charge in [-0.15, -0.1) is 0 Å². The van der Waals surface area contributed by atoms with Crippen LogP contribution >= 0.6 is 0 Å². The standard InChI is InChI=1S/C19H15N/c1-3-14(2)17-8-6-7-15-10-11-16(13-18(15)17)19-9-4-5-12-20-19/h3-13H,1-2H2. The summed E-state index contributed by atoms with van der Waals surface area (Å²) in [5.74, 6) is 0. The normalized spacial score (nSPS) is 10.4. The third-order valence-electron chi connectivity index (χ3n) is 3.44. The smallest absolute Gasteiger partial charge is 0.0702 e. The largest absolute Gasteiger partial charge is 0.256 e. The number of rotatable bonds is 3. The lowest BCUT2D eigenvalue weighted by molar-refractivity contribution is 1.33. The van der Waals surface area contributed by atoms with Crippen LogP contribution in [0.3, 0.4) is 0 Å². The van der Waals surface area contributed by atoms with Gasteiger partial charge in [-0.1, -0.05) is 55.6 Å². The summed E-state index contributed by atoms with van der Waals surface area (Å²) in [5, 5.41) is 2.38. The molecule has 3 rings (SSSR count). The van der Waals surface area contributed by atoms with E-state index >= 15 is 0 Å². The Balaban J connectivity index is 2.24. The fraction of sp³-hybridized carbons (Fsp3) is 0. The number of pyridine rings is 1. The van der Waals surface area contributed by atoms with E-state index in [9.17, 15) is 0 Å². The number of aromatic nitrogens is 1. The number of hydrogen-bond acceptors (Lipinski definition) is 1. The molecular weight excluding hydrogens is 242 g/mol. The molecule has 0 radical (unpaired) electrons. The molecule has 0 aliphatic rings. The molecule has 0 bridgehead atoms. The zero-order valence-electron chi connectivity index (χ0n) is 11.2. The number of nitrogens with zero attached hydrogens (tertiary/aromatic N) is 1. The van der Waals surface area contributed by atoms with Crippen LogP contribution in [0.4, 0.5) is 0 Å². The molecule has 1 heterocycles. The maximum Gasteiger partial charge on any atom is 0.0702 e. The Morgan fingerprint density at radius 2 is 1.90 bits per heavy atom. The lowest BCUT2D eigenvalue weighted by atomic mass is 9.96. The van der Waals surface area contributed by atoms with E-state index in [1.165, 1.54) is 10.8 Å². The van der Waals surface area contributed by atoms with E-state index in [4.69, 9.17) is 0 Å². The molecule has 0 N–H and O–H groups in total. The quantitative estimate of drug-likeness (QED) is 0.595. The molecule has 3 aromatic rings. The van der Waals surface area contributed by atoms with Crippen molar-refractivity contribution in [2.45, 2.75) is 0 Å². The van der Waals surface area contributed by atoms with Gasteiger partial charge in [0, 0.05) is 11.8 Å². The van der Waals surface area contributed by atoms with E-state index in [0.29, 0.717) is 0 Å². The summed E-state index contributed by atoms with van der Waals surface area (Å²) in [4.78, 5) is 4.41. The average Bonchev–Trinajstić information content (AvgIpc) is 2.54. The van der Waals surface area contributed by atoms with E-state index in [-0.39, 0.29) is 0 Å². The molecule has 0 spiro atoms. The minimum atomic E-state index is 0.939. The second-order valence-electron chi connectivity index (χ2n) is 4.69. The molecule has 1 heteroatoms. The highest BCUT2D eigenvalue weighted by molar-refractivity contribution is 5.97. The third-order valence-corrected chi connectivity index (χ3v) is 3.44. The Morgan fingerprint density at radius 1 is 1.00 bits per heavy atom. The molecule has 1 nitrogen and oxygen atoms in total. The van der Waals surface area contributed by atoms with Gasteiger partial charge in [-0.3, -0.25) is 4.98 Å². The summed E-state index contributed by atoms with van der Waals surface area (Å²) in [6.07, 6.45) is 3.61. The first-order valence-corrected chi connectivity index (χ1v) is 6.55. The van der Waals surface area contributed by atoms with E-state index in [2.05, 4.69) is 48.5 Å². The molecule has 2 aromatic carbocycles. The molecular formula is C19H15N. The lowest BCUT2D eigenvalue weighted by Gasteiger charge is -2.08. The molecule has 96 valence electrons. The predicted octanol–water partition coefficient (Wildman–Crippen LogP) is 5.10. The Labute approximate surface area is 118 Å². The average molecular weight is 257 g/mol. The van der Waals surface area contributed by atoms with Crippen LogP contribution in [0.2, 0.25) is 0 Å². The molecule has 0 atom stereocenters. The van der Waals surface area contributed by atoms with Crippen molar-refractivity contribution >= 4 is 16.3 Å². The number of benzene rings is 2. The minimum Gasteiger partial charge on any atom is -0.256 e. The summed E-state index contributed by atoms with van der Waals surface area (Å²) in [7, 11) is 0. The monoisotopic (exact) mass is 257 g/mol. The Bertz CT molecular complexity index is 785. The van der Waals surface area contributed by atoms with Crippen LogP contribution in [0.5, 0.6) is 0 Å². The topological polar surface area (TPSA) is 12.9 Å². The summed E-state index contributed by atoms with van der Waals surface area (Å²) in [6.45, 7) is 7.87. The summed E-state index contributed by atoms with van der Waals surface area (Å²) in [6, 6.07) is 18.6. The molecule has 1 aromatic heterocycles. The van der Waals surface area contributed by atoms with Crippen molar-refractivity contribution in [3.8, 4) is 11.3 Å². The van der Waals surface area contributed by atoms with Gasteiger partial charge in [0.05, 0.1) is 5.69 Å². The van der Waals surface area contributed by atoms with Crippen molar-refractivity contribution in [3.63, 3.8) is 0 Å². The van der Waals surface area contributed by atoms with E-state index in [1.807, 2.05) is 30.5 Å². The van der Waals surface area contributed by atoms with Crippen molar-refractivity contribution in [3.05, 3.63) is 85.6 Å². The molecule has 0 amide bonds. The fourth-order valence-corrected chi connectivity index (χ4v) is 2.36. The lowest BCUT2D eigenvalue weighted by Crippen LogP contribution is -1.86. The fourth-order valence-electron chi connectivity index (χ4n) is 2.36. The number of allylic oxidation sites excluding steroid dienone is 2. The van der Waals surface area contributed by atoms with Crippen LogP contribution in [0.1, 0.15) is 5.56 Å². The molecule has 0 aliphatic carbocycles. The molecule has 0 fully saturated rings. The van der Waals surface area contributed by atoms with E-state index in [1.54, 1.807) is 6.08 Å². The minimum absolute atomic E-state index is 0.939. The first-order chi connectivity index (χ1) is 9.79. The maximum atomic E-state index is 4.41. The van der Waals surface area contributed by atoms with Crippen molar-refractivity contribution < 1.29 is 0 Å². The zero-order valence-corrected chi connectivity index (χ0v) is 11.2. The SMILES string of the molecule is C=CC(=C)c1cccc2ccc(-c3ccccn3)cc12. The zero-order chi connectivity index (χ0) is 13.9. The van der Waals surface area contributed by atoms with Gasteiger partial charge in [0.15, 0.2) is 0 Å². The summed E-state index contributed by atoms with van der Waals surface area (Å²) >= 11 is 0. The van der Waals surface area contributed by atoms with Gasteiger partial charge in [0.1, 0.15) is 0 Å². The van der Waals surface area contributed by atoms with Crippen LogP contribution in [-0.2, 0) is 0 Å². The van der Waals surface area contributed by atoms with Crippen LogP contribution < -0.4 is 0 Å². The molecule has 20 heavy (non-hydrogen) atoms. The molecule has 0 saturated heterocycles. The Kier molecular flexibility index (Phi) is 3.18. The van der Waals surface area contributed by atoms with Crippen molar-refractivity contribution in [2.24, 2.45) is 0 Å². The number of fused-ring (bicyclic) bond motifs is 1. The summed E-state index contributed by atoms with van der Waals surface area (Å²) in [5.41, 5.74) is 4.15. The first kappa shape index (κ1) is 12.4. The van der Waals surface area contributed by atoms with E-state index in [0.717, 1.165) is 22.4 Å². The summed E-state index contributed by atoms with van der Waals surface area (Å²) < 4.78 is 0. The molecule has 0 saturated carbocycles. The highest BCUT2D eigenvalue weighted by atomic mass is 14.7. The van der Waals surface area contributed by atoms with Crippen LogP contribution in [0.15, 0.2) is 80.0 Å². The van der Waals surface area contributed by atoms with Gasteiger partial charge >= 0.3 is 0 Å². The second kappa shape index (κ2) is 5.14.